The molecule has 19 heavy (non-hydrogen) atoms. The van der Waals surface area contributed by atoms with E-state index in [4.69, 9.17) is 5.11 Å². The number of carbonyl (C=O) groups is 4. The summed E-state index contributed by atoms with van der Waals surface area (Å²) in [5.41, 5.74) is 0. The minimum Gasteiger partial charge on any atom is -0.480 e. The second kappa shape index (κ2) is 7.13. The van der Waals surface area contributed by atoms with Gasteiger partial charge in [-0.3, -0.25) is 14.4 Å². The van der Waals surface area contributed by atoms with E-state index in [1.165, 1.54) is 11.8 Å². The van der Waals surface area contributed by atoms with E-state index in [9.17, 15) is 19.2 Å². The summed E-state index contributed by atoms with van der Waals surface area (Å²) in [6.07, 6.45) is 1.09. The molecule has 2 amide bonds. The Balaban J connectivity index is 2.36. The zero-order chi connectivity index (χ0) is 14.4. The number of hydrogen-bond acceptors (Lipinski definition) is 5. The van der Waals surface area contributed by atoms with Crippen molar-refractivity contribution in [1.82, 2.24) is 10.2 Å². The average molecular weight is 288 g/mol. The van der Waals surface area contributed by atoms with Crippen LogP contribution in [0.15, 0.2) is 0 Å². The molecule has 7 nitrogen and oxygen atoms in total. The lowest BCUT2D eigenvalue weighted by atomic mass is 10.2. The zero-order valence-corrected chi connectivity index (χ0v) is 11.4. The number of carboxylic acid groups (broad SMARTS) is 1. The third kappa shape index (κ3) is 4.90. The van der Waals surface area contributed by atoms with Gasteiger partial charge < -0.3 is 15.3 Å². The van der Waals surface area contributed by atoms with Gasteiger partial charge in [-0.1, -0.05) is 11.8 Å². The lowest BCUT2D eigenvalue weighted by Crippen LogP contribution is -2.45. The first-order chi connectivity index (χ1) is 8.91. The second-order valence-corrected chi connectivity index (χ2v) is 5.29. The van der Waals surface area contributed by atoms with Crippen LogP contribution < -0.4 is 5.32 Å². The minimum atomic E-state index is -1.02. The molecule has 1 atom stereocenters. The topological polar surface area (TPSA) is 104 Å². The van der Waals surface area contributed by atoms with Crippen molar-refractivity contribution in [2.45, 2.75) is 25.8 Å². The Labute approximate surface area is 114 Å². The minimum absolute atomic E-state index is 0.0367. The molecule has 0 aromatic heterocycles. The maximum atomic E-state index is 11.8. The van der Waals surface area contributed by atoms with Crippen molar-refractivity contribution in [2.75, 3.05) is 18.8 Å². The quantitative estimate of drug-likeness (QED) is 0.704. The molecule has 2 N–H and O–H groups in total. The fourth-order valence-corrected chi connectivity index (χ4v) is 2.25. The summed E-state index contributed by atoms with van der Waals surface area (Å²) < 4.78 is 0. The zero-order valence-electron chi connectivity index (χ0n) is 10.5. The first-order valence-electron chi connectivity index (χ1n) is 5.84. The normalized spacial score (nSPS) is 18.2. The van der Waals surface area contributed by atoms with Gasteiger partial charge in [0, 0.05) is 13.5 Å². The van der Waals surface area contributed by atoms with Gasteiger partial charge in [0.15, 0.2) is 5.12 Å². The smallest absolute Gasteiger partial charge is 0.326 e. The molecule has 0 bridgehead atoms. The molecule has 1 aliphatic rings. The number of nitrogens with zero attached hydrogens (tertiary/aromatic N) is 1. The fraction of sp³-hybridized carbons (Fsp3) is 0.636. The van der Waals surface area contributed by atoms with Gasteiger partial charge >= 0.3 is 5.97 Å². The fourth-order valence-electron chi connectivity index (χ4n) is 1.82. The van der Waals surface area contributed by atoms with E-state index >= 15 is 0 Å². The molecule has 0 aromatic rings. The highest BCUT2D eigenvalue weighted by Gasteiger charge is 2.33. The summed E-state index contributed by atoms with van der Waals surface area (Å²) in [6, 6.07) is -0.795. The molecule has 0 aromatic carbocycles. The third-order valence-corrected chi connectivity index (χ3v) is 3.51. The SMILES string of the molecule is CC(=O)SCC(=O)NCC(=O)N1CCC[C@H]1C(=O)O. The predicted molar refractivity (Wildman–Crippen MR) is 68.5 cm³/mol. The molecular weight excluding hydrogens is 272 g/mol. The maximum absolute atomic E-state index is 11.8. The second-order valence-electron chi connectivity index (χ2n) is 4.14. The van der Waals surface area contributed by atoms with E-state index in [0.29, 0.717) is 19.4 Å². The molecule has 8 heteroatoms. The van der Waals surface area contributed by atoms with E-state index in [-0.39, 0.29) is 17.4 Å². The number of carboxylic acids is 1. The van der Waals surface area contributed by atoms with Crippen molar-refractivity contribution in [3.63, 3.8) is 0 Å². The third-order valence-electron chi connectivity index (χ3n) is 2.70. The van der Waals surface area contributed by atoms with Crippen molar-refractivity contribution < 1.29 is 24.3 Å². The Bertz CT molecular complexity index is 399. The van der Waals surface area contributed by atoms with Crippen LogP contribution in [-0.4, -0.2) is 57.8 Å². The number of carbonyl (C=O) groups excluding carboxylic acids is 3. The van der Waals surface area contributed by atoms with E-state index in [1.807, 2.05) is 0 Å². The molecule has 106 valence electrons. The Morgan fingerprint density at radius 1 is 1.37 bits per heavy atom. The van der Waals surface area contributed by atoms with E-state index in [2.05, 4.69) is 5.32 Å². The highest BCUT2D eigenvalue weighted by atomic mass is 32.2. The molecule has 0 aliphatic carbocycles. The van der Waals surface area contributed by atoms with Crippen molar-refractivity contribution in [3.8, 4) is 0 Å². The molecule has 1 aliphatic heterocycles. The van der Waals surface area contributed by atoms with Crippen LogP contribution in [0.4, 0.5) is 0 Å². The first-order valence-corrected chi connectivity index (χ1v) is 6.82. The Hall–Kier alpha value is -1.57. The van der Waals surface area contributed by atoms with Crippen LogP contribution in [0.1, 0.15) is 19.8 Å². The maximum Gasteiger partial charge on any atom is 0.326 e. The van der Waals surface area contributed by atoms with Crippen LogP contribution in [0.5, 0.6) is 0 Å². The Kier molecular flexibility index (Phi) is 5.81. The average Bonchev–Trinajstić information content (AvgIpc) is 2.82. The van der Waals surface area contributed by atoms with E-state index < -0.39 is 23.8 Å². The number of thioether (sulfide) groups is 1. The molecule has 1 fully saturated rings. The van der Waals surface area contributed by atoms with Crippen LogP contribution >= 0.6 is 11.8 Å². The largest absolute Gasteiger partial charge is 0.480 e. The summed E-state index contributed by atoms with van der Waals surface area (Å²) in [6.45, 7) is 1.51. The summed E-state index contributed by atoms with van der Waals surface area (Å²) in [4.78, 5) is 45.9. The summed E-state index contributed by atoms with van der Waals surface area (Å²) in [5.74, 6) is -1.89. The number of likely N-dealkylation sites (tertiary alicyclic amines) is 1. The standard InChI is InChI=1S/C11H16N2O5S/c1-7(14)19-6-9(15)12-5-10(16)13-4-2-3-8(13)11(17)18/h8H,2-6H2,1H3,(H,12,15)(H,17,18)/t8-/m0/s1. The highest BCUT2D eigenvalue weighted by Crippen LogP contribution is 2.17. The van der Waals surface area contributed by atoms with Crippen molar-refractivity contribution in [2.24, 2.45) is 0 Å². The van der Waals surface area contributed by atoms with E-state index in [1.54, 1.807) is 0 Å². The first kappa shape index (κ1) is 15.5. The number of aliphatic carboxylic acids is 1. The van der Waals surface area contributed by atoms with Gasteiger partial charge in [0.05, 0.1) is 12.3 Å². The van der Waals surface area contributed by atoms with Crippen LogP contribution in [0.2, 0.25) is 0 Å². The molecule has 0 saturated carbocycles. The number of hydrogen-bond donors (Lipinski definition) is 2. The van der Waals surface area contributed by atoms with Gasteiger partial charge in [0.1, 0.15) is 6.04 Å². The van der Waals surface area contributed by atoms with Crippen molar-refractivity contribution in [3.05, 3.63) is 0 Å². The number of nitrogens with one attached hydrogen (secondary N) is 1. The molecular formula is C11H16N2O5S. The lowest BCUT2D eigenvalue weighted by Gasteiger charge is -2.21. The molecule has 1 rings (SSSR count). The highest BCUT2D eigenvalue weighted by molar-refractivity contribution is 8.14. The monoisotopic (exact) mass is 288 g/mol. The van der Waals surface area contributed by atoms with Gasteiger partial charge in [0.25, 0.3) is 0 Å². The Morgan fingerprint density at radius 2 is 2.05 bits per heavy atom. The van der Waals surface area contributed by atoms with Crippen LogP contribution in [-0.2, 0) is 19.2 Å². The molecule has 0 spiro atoms. The van der Waals surface area contributed by atoms with E-state index in [0.717, 1.165) is 11.8 Å². The number of rotatable bonds is 5. The van der Waals surface area contributed by atoms with Crippen molar-refractivity contribution >= 4 is 34.7 Å². The molecule has 1 saturated heterocycles. The molecule has 0 unspecified atom stereocenters. The predicted octanol–water partition coefficient (Wildman–Crippen LogP) is -0.542. The number of amides is 2. The van der Waals surface area contributed by atoms with Gasteiger partial charge in [0.2, 0.25) is 11.8 Å². The lowest BCUT2D eigenvalue weighted by molar-refractivity contribution is -0.148. The van der Waals surface area contributed by atoms with Gasteiger partial charge in [-0.2, -0.15) is 0 Å². The molecule has 1 heterocycles. The summed E-state index contributed by atoms with van der Waals surface area (Å²) in [7, 11) is 0. The van der Waals surface area contributed by atoms with Gasteiger partial charge in [-0.25, -0.2) is 4.79 Å². The van der Waals surface area contributed by atoms with Gasteiger partial charge in [-0.05, 0) is 12.8 Å². The summed E-state index contributed by atoms with van der Waals surface area (Å²) in [5, 5.41) is 11.1. The van der Waals surface area contributed by atoms with Crippen LogP contribution in [0.25, 0.3) is 0 Å². The van der Waals surface area contributed by atoms with Gasteiger partial charge in [-0.15, -0.1) is 0 Å². The van der Waals surface area contributed by atoms with Crippen LogP contribution in [0.3, 0.4) is 0 Å². The Morgan fingerprint density at radius 3 is 2.63 bits per heavy atom. The van der Waals surface area contributed by atoms with Crippen LogP contribution in [0, 0.1) is 0 Å². The summed E-state index contributed by atoms with van der Waals surface area (Å²) >= 11 is 0.859. The molecule has 0 radical (unpaired) electrons. The van der Waals surface area contributed by atoms with Crippen molar-refractivity contribution in [1.29, 1.82) is 0 Å².